The summed E-state index contributed by atoms with van der Waals surface area (Å²) < 4.78 is 0. The van der Waals surface area contributed by atoms with Crippen LogP contribution in [0.4, 0.5) is 0 Å². The minimum absolute atomic E-state index is 0. The van der Waals surface area contributed by atoms with Crippen LogP contribution in [-0.4, -0.2) is 164 Å². The van der Waals surface area contributed by atoms with Crippen molar-refractivity contribution in [2.45, 2.75) is 0 Å². The summed E-state index contributed by atoms with van der Waals surface area (Å²) in [6.07, 6.45) is 0. The Kier molecular flexibility index (Phi) is 480. The summed E-state index contributed by atoms with van der Waals surface area (Å²) in [5.41, 5.74) is 0. The summed E-state index contributed by atoms with van der Waals surface area (Å²) in [5.74, 6) is 0. The van der Waals surface area contributed by atoms with Gasteiger partial charge in [0.15, 0.2) is 0 Å². The quantitative estimate of drug-likeness (QED) is 0.233. The average Bonchev–Trinajstić information content (AvgIpc) is 0. The van der Waals surface area contributed by atoms with Gasteiger partial charge in [-0.2, -0.15) is 0 Å². The summed E-state index contributed by atoms with van der Waals surface area (Å²) in [7, 11) is 0. The Morgan fingerprint density at radius 1 is 0.444 bits per heavy atom. The van der Waals surface area contributed by atoms with Gasteiger partial charge in [-0.15, -0.1) is 0 Å². The number of hydrogen-bond donors (Lipinski definition) is 0. The fraction of sp³-hybridized carbons (Fsp3) is 0. The molecule has 0 nitrogen and oxygen atoms in total. The van der Waals surface area contributed by atoms with Crippen molar-refractivity contribution < 1.29 is 17.0 Å². The fourth-order valence-corrected chi connectivity index (χ4v) is 0. The van der Waals surface area contributed by atoms with E-state index in [0.29, 0.717) is 0 Å². The first-order valence-electron chi connectivity index (χ1n) is 0. The normalized spacial score (nSPS) is 0. The van der Waals surface area contributed by atoms with Crippen molar-refractivity contribution in [2.75, 3.05) is 0 Å². The molecule has 0 heterocycles. The second-order valence-electron chi connectivity index (χ2n) is 0. The van der Waals surface area contributed by atoms with E-state index in [1.54, 1.807) is 0 Å². The topological polar surface area (TPSA) is 0 Å². The van der Waals surface area contributed by atoms with Crippen molar-refractivity contribution >= 4 is 218 Å². The van der Waals surface area contributed by atoms with E-state index < -0.39 is 0 Å². The molecule has 0 unspecified atom stereocenters. The largest absolute Gasteiger partial charge is 3.00 e. The van der Waals surface area contributed by atoms with Crippen LogP contribution in [0, 0.1) is 0 Å². The van der Waals surface area contributed by atoms with E-state index in [1.165, 1.54) is 0 Å². The molecule has 0 saturated carbocycles. The maximum Gasteiger partial charge on any atom is 3.00 e. The molecule has 0 aromatic rings. The third-order valence-electron chi connectivity index (χ3n) is 0. The maximum absolute atomic E-state index is 0. The van der Waals surface area contributed by atoms with Crippen LogP contribution in [0.15, 0.2) is 0 Å². The van der Waals surface area contributed by atoms with Crippen molar-refractivity contribution in [2.24, 2.45) is 0 Å². The molecule has 40 valence electrons. The number of hydrogen-bond acceptors (Lipinski definition) is 0. The molecule has 0 saturated heterocycles. The first kappa shape index (κ1) is 72.7. The first-order chi connectivity index (χ1) is 0. The third-order valence-corrected chi connectivity index (χ3v) is 0. The Bertz CT molecular complexity index is 15.8. The minimum atomic E-state index is 0. The van der Waals surface area contributed by atoms with Crippen molar-refractivity contribution in [3.8, 4) is 0 Å². The zero-order valence-electron chi connectivity index (χ0n) is 4.71. The molecule has 0 amide bonds. The fourth-order valence-electron chi connectivity index (χ4n) is 0. The molecule has 0 aromatic heterocycles. The smallest absolute Gasteiger partial charge is 2.00 e. The van der Waals surface area contributed by atoms with Crippen molar-refractivity contribution in [3.05, 3.63) is 0 Å². The summed E-state index contributed by atoms with van der Waals surface area (Å²) in [6.45, 7) is 0. The molecule has 9 heavy (non-hydrogen) atoms. The average molecular weight is 647 g/mol. The zero-order chi connectivity index (χ0) is 0. The van der Waals surface area contributed by atoms with Crippen molar-refractivity contribution in [1.82, 2.24) is 0 Å². The molecule has 0 N–H and O–H groups in total. The monoisotopic (exact) mass is 648 g/mol. The van der Waals surface area contributed by atoms with E-state index in [2.05, 4.69) is 0 Å². The molecule has 0 spiro atoms. The predicted octanol–water partition coefficient (Wildman–Crippen LogP) is -4.53. The Morgan fingerprint density at radius 2 is 0.444 bits per heavy atom. The van der Waals surface area contributed by atoms with Crippen molar-refractivity contribution in [3.63, 3.8) is 0 Å². The Balaban J connectivity index is 0. The van der Waals surface area contributed by atoms with Gasteiger partial charge in [-0.3, -0.25) is 0 Å². The van der Waals surface area contributed by atoms with Gasteiger partial charge in [0.25, 0.3) is 0 Å². The molecule has 0 bridgehead atoms. The van der Waals surface area contributed by atoms with Gasteiger partial charge in [0, 0.05) is 0 Å². The van der Waals surface area contributed by atoms with Crippen LogP contribution >= 0.6 is 0 Å². The van der Waals surface area contributed by atoms with E-state index in [1.807, 2.05) is 0 Å². The minimum Gasteiger partial charge on any atom is -2.00 e. The Labute approximate surface area is 227 Å². The SMILES string of the molecule is [Al+3].[Ba+2].[Ba+2].[Ba+2].[Br-].[S-2].[S-2].[S-2].[S-2]. The molecule has 0 aliphatic heterocycles. The summed E-state index contributed by atoms with van der Waals surface area (Å²) in [5, 5.41) is 0. The second kappa shape index (κ2) is 59.4. The summed E-state index contributed by atoms with van der Waals surface area (Å²) in [6, 6.07) is 0. The molecule has 0 aromatic carbocycles. The van der Waals surface area contributed by atoms with Crippen LogP contribution in [0.1, 0.15) is 0 Å². The molecular formula is AlBa3BrS4. The maximum atomic E-state index is 0. The zero-order valence-corrected chi connectivity index (χ0v) is 24.0. The molecule has 0 rings (SSSR count). The molecule has 0 fully saturated rings. The standard InChI is InChI=1S/Al.3Ba.BrH.4S/h;;;;1H;;;;/q+3;3*+2;;4*-2/p-1. The van der Waals surface area contributed by atoms with Gasteiger partial charge in [0.2, 0.25) is 0 Å². The summed E-state index contributed by atoms with van der Waals surface area (Å²) in [4.78, 5) is 0. The van der Waals surface area contributed by atoms with Crippen LogP contribution < -0.4 is 17.0 Å². The Morgan fingerprint density at radius 3 is 0.444 bits per heavy atom. The van der Waals surface area contributed by atoms with Crippen LogP contribution in [0.2, 0.25) is 0 Å². The van der Waals surface area contributed by atoms with Gasteiger partial charge in [0.1, 0.15) is 0 Å². The number of halogens is 1. The molecule has 0 atom stereocenters. The van der Waals surface area contributed by atoms with E-state index in [-0.39, 0.29) is 235 Å². The van der Waals surface area contributed by atoms with E-state index in [4.69, 9.17) is 0 Å². The molecular weight excluding hydrogens is 647 g/mol. The van der Waals surface area contributed by atoms with E-state index in [9.17, 15) is 0 Å². The van der Waals surface area contributed by atoms with E-state index >= 15 is 0 Å². The molecule has 0 aliphatic rings. The molecule has 0 aliphatic carbocycles. The van der Waals surface area contributed by atoms with Crippen LogP contribution in [0.3, 0.4) is 0 Å². The Hall–Kier alpha value is 7.13. The second-order valence-corrected chi connectivity index (χ2v) is 0. The number of rotatable bonds is 0. The van der Waals surface area contributed by atoms with Crippen LogP contribution in [-0.2, 0) is 54.0 Å². The summed E-state index contributed by atoms with van der Waals surface area (Å²) >= 11 is 0. The third kappa shape index (κ3) is 51.3. The van der Waals surface area contributed by atoms with Crippen LogP contribution in [0.5, 0.6) is 0 Å². The van der Waals surface area contributed by atoms with Gasteiger partial charge in [-0.1, -0.05) is 0 Å². The van der Waals surface area contributed by atoms with Gasteiger partial charge in [-0.25, -0.2) is 0 Å². The van der Waals surface area contributed by atoms with Gasteiger partial charge >= 0.3 is 164 Å². The van der Waals surface area contributed by atoms with Gasteiger partial charge in [0.05, 0.1) is 0 Å². The van der Waals surface area contributed by atoms with E-state index in [0.717, 1.165) is 0 Å². The van der Waals surface area contributed by atoms with Gasteiger partial charge in [-0.05, 0) is 0 Å². The van der Waals surface area contributed by atoms with Gasteiger partial charge < -0.3 is 71.0 Å². The first-order valence-corrected chi connectivity index (χ1v) is 0. The predicted molar refractivity (Wildman–Crippen MR) is 52.5 cm³/mol. The van der Waals surface area contributed by atoms with Crippen LogP contribution in [0.25, 0.3) is 0 Å². The van der Waals surface area contributed by atoms with Crippen molar-refractivity contribution in [1.29, 1.82) is 0 Å². The molecule has 0 radical (unpaired) electrons. The molecule has 9 heteroatoms.